The highest BCUT2D eigenvalue weighted by molar-refractivity contribution is 5.76. The third-order valence-electron chi connectivity index (χ3n) is 3.67. The molecule has 0 N–H and O–H groups in total. The van der Waals surface area contributed by atoms with Crippen LogP contribution >= 0.6 is 0 Å². The fraction of sp³-hybridized carbons (Fsp3) is 0.278. The second-order valence-corrected chi connectivity index (χ2v) is 5.18. The molecule has 3 aromatic rings. The molecule has 1 heterocycles. The molecule has 1 aromatic heterocycles. The van der Waals surface area contributed by atoms with Crippen molar-refractivity contribution in [1.82, 2.24) is 9.55 Å². The van der Waals surface area contributed by atoms with Gasteiger partial charge in [0.2, 0.25) is 0 Å². The lowest BCUT2D eigenvalue weighted by Gasteiger charge is -2.09. The molecule has 0 spiro atoms. The van der Waals surface area contributed by atoms with Crippen molar-refractivity contribution < 1.29 is 4.74 Å². The first-order valence-electron chi connectivity index (χ1n) is 7.35. The summed E-state index contributed by atoms with van der Waals surface area (Å²) >= 11 is 0. The van der Waals surface area contributed by atoms with E-state index in [0.717, 1.165) is 37.3 Å². The molecule has 0 saturated heterocycles. The fourth-order valence-electron chi connectivity index (χ4n) is 2.66. The zero-order valence-electron chi connectivity index (χ0n) is 12.3. The van der Waals surface area contributed by atoms with Crippen LogP contribution in [0.25, 0.3) is 11.0 Å². The first-order chi connectivity index (χ1) is 10.4. The van der Waals surface area contributed by atoms with Crippen LogP contribution in [0.3, 0.4) is 0 Å². The number of benzene rings is 2. The van der Waals surface area contributed by atoms with Crippen LogP contribution in [0.5, 0.6) is 0 Å². The second-order valence-electron chi connectivity index (χ2n) is 5.18. The highest BCUT2D eigenvalue weighted by Gasteiger charge is 2.10. The molecular weight excluding hydrogens is 260 g/mol. The molecule has 0 amide bonds. The Kier molecular flexibility index (Phi) is 4.31. The number of hydrogen-bond acceptors (Lipinski definition) is 2. The molecule has 3 nitrogen and oxygen atoms in total. The summed E-state index contributed by atoms with van der Waals surface area (Å²) in [6.07, 6.45) is 1.86. The van der Waals surface area contributed by atoms with Gasteiger partial charge in [0.05, 0.1) is 11.0 Å². The zero-order valence-corrected chi connectivity index (χ0v) is 12.3. The van der Waals surface area contributed by atoms with Gasteiger partial charge in [-0.2, -0.15) is 0 Å². The van der Waals surface area contributed by atoms with Crippen molar-refractivity contribution in [1.29, 1.82) is 0 Å². The van der Waals surface area contributed by atoms with Crippen LogP contribution in [0.15, 0.2) is 54.6 Å². The van der Waals surface area contributed by atoms with Crippen molar-refractivity contribution in [2.75, 3.05) is 13.7 Å². The Morgan fingerprint density at radius 2 is 1.76 bits per heavy atom. The normalized spacial score (nSPS) is 11.1. The number of imidazole rings is 1. The van der Waals surface area contributed by atoms with Crippen molar-refractivity contribution in [3.8, 4) is 0 Å². The molecule has 0 aliphatic carbocycles. The summed E-state index contributed by atoms with van der Waals surface area (Å²) in [6.45, 7) is 1.72. The van der Waals surface area contributed by atoms with E-state index in [4.69, 9.17) is 9.72 Å². The van der Waals surface area contributed by atoms with Crippen LogP contribution < -0.4 is 0 Å². The Labute approximate surface area is 125 Å². The summed E-state index contributed by atoms with van der Waals surface area (Å²) in [5, 5.41) is 0. The van der Waals surface area contributed by atoms with Crippen LogP contribution in [0.2, 0.25) is 0 Å². The van der Waals surface area contributed by atoms with Gasteiger partial charge in [0.1, 0.15) is 5.82 Å². The summed E-state index contributed by atoms with van der Waals surface area (Å²) in [5.74, 6) is 1.12. The first-order valence-corrected chi connectivity index (χ1v) is 7.35. The third kappa shape index (κ3) is 3.14. The molecular formula is C18H20N2O. The molecule has 0 atom stereocenters. The number of methoxy groups -OCH3 is 1. The molecule has 0 bridgehead atoms. The highest BCUT2D eigenvalue weighted by atomic mass is 16.5. The van der Waals surface area contributed by atoms with Crippen molar-refractivity contribution in [3.05, 3.63) is 66.0 Å². The number of hydrogen-bond donors (Lipinski definition) is 0. The standard InChI is InChI=1S/C18H20N2O/c1-21-13-7-12-20-17-11-6-5-10-16(17)19-18(20)14-15-8-3-2-4-9-15/h2-6,8-11H,7,12-14H2,1H3. The van der Waals surface area contributed by atoms with Gasteiger partial charge < -0.3 is 9.30 Å². The van der Waals surface area contributed by atoms with Crippen LogP contribution in [0.1, 0.15) is 17.8 Å². The Morgan fingerprint density at radius 1 is 1.00 bits per heavy atom. The molecule has 3 rings (SSSR count). The monoisotopic (exact) mass is 280 g/mol. The van der Waals surface area contributed by atoms with Gasteiger partial charge in [-0.05, 0) is 24.1 Å². The lowest BCUT2D eigenvalue weighted by Crippen LogP contribution is -2.06. The van der Waals surface area contributed by atoms with Gasteiger partial charge in [0.25, 0.3) is 0 Å². The maximum Gasteiger partial charge on any atom is 0.114 e. The number of aromatic nitrogens is 2. The molecule has 21 heavy (non-hydrogen) atoms. The second kappa shape index (κ2) is 6.55. The summed E-state index contributed by atoms with van der Waals surface area (Å²) < 4.78 is 7.50. The van der Waals surface area contributed by atoms with E-state index < -0.39 is 0 Å². The quantitative estimate of drug-likeness (QED) is 0.644. The van der Waals surface area contributed by atoms with Crippen molar-refractivity contribution in [2.24, 2.45) is 0 Å². The van der Waals surface area contributed by atoms with Gasteiger partial charge in [-0.25, -0.2) is 4.98 Å². The molecule has 0 aliphatic heterocycles. The number of aryl methyl sites for hydroxylation is 1. The smallest absolute Gasteiger partial charge is 0.114 e. The number of rotatable bonds is 6. The summed E-state index contributed by atoms with van der Waals surface area (Å²) in [4.78, 5) is 4.81. The Balaban J connectivity index is 1.94. The van der Waals surface area contributed by atoms with E-state index in [1.165, 1.54) is 11.1 Å². The van der Waals surface area contributed by atoms with Crippen LogP contribution in [-0.4, -0.2) is 23.3 Å². The number of nitrogens with zero attached hydrogens (tertiary/aromatic N) is 2. The first kappa shape index (κ1) is 13.8. The zero-order chi connectivity index (χ0) is 14.5. The summed E-state index contributed by atoms with van der Waals surface area (Å²) in [7, 11) is 1.75. The third-order valence-corrected chi connectivity index (χ3v) is 3.67. The maximum atomic E-state index is 5.18. The Morgan fingerprint density at radius 3 is 2.57 bits per heavy atom. The van der Waals surface area contributed by atoms with Gasteiger partial charge in [0, 0.05) is 26.7 Å². The van der Waals surface area contributed by atoms with Gasteiger partial charge in [-0.3, -0.25) is 0 Å². The fourth-order valence-corrected chi connectivity index (χ4v) is 2.66. The van der Waals surface area contributed by atoms with E-state index in [2.05, 4.69) is 47.0 Å². The van der Waals surface area contributed by atoms with Crippen LogP contribution in [-0.2, 0) is 17.7 Å². The molecule has 2 aromatic carbocycles. The topological polar surface area (TPSA) is 27.1 Å². The largest absolute Gasteiger partial charge is 0.385 e. The molecule has 0 radical (unpaired) electrons. The van der Waals surface area contributed by atoms with E-state index in [-0.39, 0.29) is 0 Å². The minimum atomic E-state index is 0.775. The van der Waals surface area contributed by atoms with Gasteiger partial charge in [0.15, 0.2) is 0 Å². The van der Waals surface area contributed by atoms with Gasteiger partial charge >= 0.3 is 0 Å². The maximum absolute atomic E-state index is 5.18. The van der Waals surface area contributed by atoms with Crippen LogP contribution in [0, 0.1) is 0 Å². The summed E-state index contributed by atoms with van der Waals surface area (Å²) in [6, 6.07) is 18.8. The van der Waals surface area contributed by atoms with E-state index in [1.54, 1.807) is 7.11 Å². The Hall–Kier alpha value is -2.13. The van der Waals surface area contributed by atoms with Crippen LogP contribution in [0.4, 0.5) is 0 Å². The Bertz CT molecular complexity index is 704. The molecule has 0 saturated carbocycles. The van der Waals surface area contributed by atoms with Gasteiger partial charge in [-0.15, -0.1) is 0 Å². The molecule has 0 fully saturated rings. The van der Waals surface area contributed by atoms with Gasteiger partial charge in [-0.1, -0.05) is 42.5 Å². The van der Waals surface area contributed by atoms with E-state index in [0.29, 0.717) is 0 Å². The summed E-state index contributed by atoms with van der Waals surface area (Å²) in [5.41, 5.74) is 3.57. The van der Waals surface area contributed by atoms with E-state index in [9.17, 15) is 0 Å². The predicted molar refractivity (Wildman–Crippen MR) is 85.5 cm³/mol. The number of para-hydroxylation sites is 2. The van der Waals surface area contributed by atoms with Crippen molar-refractivity contribution in [2.45, 2.75) is 19.4 Å². The lowest BCUT2D eigenvalue weighted by atomic mass is 10.1. The minimum Gasteiger partial charge on any atom is -0.385 e. The molecule has 3 heteroatoms. The molecule has 0 unspecified atom stereocenters. The molecule has 0 aliphatic rings. The lowest BCUT2D eigenvalue weighted by molar-refractivity contribution is 0.190. The van der Waals surface area contributed by atoms with E-state index >= 15 is 0 Å². The SMILES string of the molecule is COCCCn1c(Cc2ccccc2)nc2ccccc21. The average Bonchev–Trinajstić information content (AvgIpc) is 2.86. The average molecular weight is 280 g/mol. The molecule has 108 valence electrons. The number of fused-ring (bicyclic) bond motifs is 1. The van der Waals surface area contributed by atoms with Crippen molar-refractivity contribution >= 4 is 11.0 Å². The highest BCUT2D eigenvalue weighted by Crippen LogP contribution is 2.19. The number of ether oxygens (including phenoxy) is 1. The van der Waals surface area contributed by atoms with E-state index in [1.807, 2.05) is 12.1 Å². The minimum absolute atomic E-state index is 0.775. The predicted octanol–water partition coefficient (Wildman–Crippen LogP) is 3.66. The van der Waals surface area contributed by atoms with Crippen molar-refractivity contribution in [3.63, 3.8) is 0 Å².